The molecule has 2 N–H and O–H groups in total. The third kappa shape index (κ3) is 16.9. The summed E-state index contributed by atoms with van der Waals surface area (Å²) in [4.78, 5) is 3.03. The van der Waals surface area contributed by atoms with Crippen molar-refractivity contribution in [2.24, 2.45) is 0 Å². The Hall–Kier alpha value is -3.84. The number of nitrogens with zero attached hydrogens (tertiary/aromatic N) is 6. The Bertz CT molecular complexity index is 2390. The maximum atomic E-state index is 11.1. The number of phenols is 2. The second kappa shape index (κ2) is 21.6. The van der Waals surface area contributed by atoms with Gasteiger partial charge in [0, 0.05) is 5.56 Å². The first-order valence-corrected chi connectivity index (χ1v) is 40.5. The minimum absolute atomic E-state index is 0.204. The molecule has 6 rings (SSSR count). The van der Waals surface area contributed by atoms with Crippen LogP contribution in [0.4, 0.5) is 0 Å². The largest absolute Gasteiger partial charge is 0.505 e. The lowest BCUT2D eigenvalue weighted by Crippen LogP contribution is -2.52. The van der Waals surface area contributed by atoms with Crippen LogP contribution in [0.25, 0.3) is 33.4 Å². The van der Waals surface area contributed by atoms with E-state index in [2.05, 4.69) is 125 Å². The number of hydrogen-bond acceptors (Lipinski definition) is 10. The van der Waals surface area contributed by atoms with E-state index in [9.17, 15) is 10.2 Å². The maximum absolute atomic E-state index is 11.1. The summed E-state index contributed by atoms with van der Waals surface area (Å²) in [6.07, 6.45) is 4.04. The fraction of sp³-hybridized carbons (Fsp3) is 0.435. The maximum Gasteiger partial charge on any atom is 0.314 e. The van der Waals surface area contributed by atoms with Crippen molar-refractivity contribution in [2.45, 2.75) is 131 Å². The van der Waals surface area contributed by atoms with Crippen molar-refractivity contribution < 1.29 is 26.7 Å². The summed E-state index contributed by atoms with van der Waals surface area (Å²) in [6.45, 7) is 38.7. The summed E-state index contributed by atoms with van der Waals surface area (Å²) < 4.78 is 25.1. The van der Waals surface area contributed by atoms with Crippen LogP contribution >= 0.6 is 0 Å². The first-order valence-electron chi connectivity index (χ1n) is 22.2. The van der Waals surface area contributed by atoms with Crippen LogP contribution in [0.1, 0.15) is 28.7 Å². The van der Waals surface area contributed by atoms with Crippen molar-refractivity contribution in [1.82, 2.24) is 30.0 Å². The minimum Gasteiger partial charge on any atom is -0.505 e. The lowest BCUT2D eigenvalue weighted by atomic mass is 10.0. The number of aromatic hydroxyl groups is 2. The van der Waals surface area contributed by atoms with Gasteiger partial charge in [0.05, 0.1) is 0 Å². The highest BCUT2D eigenvalue weighted by Gasteiger charge is 2.40. The van der Waals surface area contributed by atoms with Gasteiger partial charge in [-0.3, -0.25) is 0 Å². The van der Waals surface area contributed by atoms with E-state index in [0.717, 1.165) is 63.2 Å². The zero-order valence-electron chi connectivity index (χ0n) is 41.3. The number of benzene rings is 4. The third-order valence-electron chi connectivity index (χ3n) is 9.15. The molecule has 0 amide bonds. The number of rotatable bonds is 16. The Morgan fingerprint density at radius 3 is 1.28 bits per heavy atom. The predicted octanol–water partition coefficient (Wildman–Crippen LogP) is 11.8. The number of aryl methyl sites for hydroxylation is 3. The van der Waals surface area contributed by atoms with Crippen molar-refractivity contribution in [3.05, 3.63) is 108 Å². The molecule has 0 fully saturated rings. The molecule has 18 heteroatoms. The van der Waals surface area contributed by atoms with Gasteiger partial charge < -0.3 is 26.7 Å². The summed E-state index contributed by atoms with van der Waals surface area (Å²) in [5, 5.41) is 39.3. The van der Waals surface area contributed by atoms with Crippen LogP contribution < -0.4 is 0 Å². The lowest BCUT2D eigenvalue weighted by Gasteiger charge is -2.38. The van der Waals surface area contributed by atoms with Gasteiger partial charge >= 0.3 is 8.56 Å². The average Bonchev–Trinajstić information content (AvgIpc) is 3.76. The van der Waals surface area contributed by atoms with Gasteiger partial charge in [-0.25, -0.2) is 0 Å². The molecule has 348 valence electrons. The Balaban J connectivity index is 0.000000238. The highest BCUT2D eigenvalue weighted by Crippen LogP contribution is 2.32. The van der Waals surface area contributed by atoms with E-state index < -0.39 is 51.1 Å². The molecule has 6 aromatic rings. The fourth-order valence-corrected chi connectivity index (χ4v) is 28.6. The number of fused-ring (bicyclic) bond motifs is 2. The summed E-state index contributed by atoms with van der Waals surface area (Å²) >= 11 is 0. The molecule has 0 aliphatic rings. The lowest BCUT2D eigenvalue weighted by molar-refractivity contribution is 0.381. The molecule has 0 spiro atoms. The molecule has 0 atom stereocenters. The second-order valence-electron chi connectivity index (χ2n) is 20.5. The van der Waals surface area contributed by atoms with E-state index in [1.807, 2.05) is 80.6 Å². The Kier molecular flexibility index (Phi) is 17.8. The highest BCUT2D eigenvalue weighted by molar-refractivity contribution is 6.87. The number of hydrogen-bond donors (Lipinski definition) is 2. The summed E-state index contributed by atoms with van der Waals surface area (Å²) in [7, 11) is -9.79. The van der Waals surface area contributed by atoms with Crippen molar-refractivity contribution in [2.75, 3.05) is 0 Å². The molecule has 64 heavy (non-hydrogen) atoms. The molecule has 2 aromatic heterocycles. The number of phenolic OH excluding ortho intramolecular Hbond substituents is 2. The zero-order chi connectivity index (χ0) is 47.8. The van der Waals surface area contributed by atoms with Crippen molar-refractivity contribution in [1.29, 1.82) is 0 Å². The van der Waals surface area contributed by atoms with Gasteiger partial charge in [-0.15, -0.1) is 36.6 Å². The standard InChI is InChI=1S/C23H37N3O3Si3.C16H15N3O.C7H22O2Si3/c1-18-16-19(12-11-15-32(8,28-30(2,3)4)29-31(5,6)7)23(27)22(17-18)26-24-20-13-9-10-14-21(20)25-26;1-3-6-12-9-11(2)10-15(16(12)20)19-17-13-7-4-5-8-14(13)18-19;1-10(8-11(2,3)4)9-12(5,6)7/h9-10,13-14,16-17,27H,11-12,15H2,1-8H3;3-5,7-10,20H,1,6H2,2H3;10H,1-7H3. The van der Waals surface area contributed by atoms with Crippen LogP contribution in [0.15, 0.2) is 85.5 Å². The molecule has 0 unspecified atom stereocenters. The molecule has 0 saturated heterocycles. The molecular formula is C46H74N6O6Si6. The molecule has 4 aromatic carbocycles. The van der Waals surface area contributed by atoms with E-state index in [1.165, 1.54) is 9.59 Å². The van der Waals surface area contributed by atoms with Crippen LogP contribution in [0.2, 0.25) is 97.7 Å². The Labute approximate surface area is 389 Å². The molecule has 0 radical (unpaired) electrons. The molecule has 2 heterocycles. The highest BCUT2D eigenvalue weighted by atomic mass is 28.5. The fourth-order valence-electron chi connectivity index (χ4n) is 7.45. The first kappa shape index (κ1) is 52.8. The quantitative estimate of drug-likeness (QED) is 0.0712. The van der Waals surface area contributed by atoms with Crippen LogP contribution in [-0.4, -0.2) is 91.3 Å². The van der Waals surface area contributed by atoms with Crippen LogP contribution in [-0.2, 0) is 29.3 Å². The van der Waals surface area contributed by atoms with Gasteiger partial charge in [0.1, 0.15) is 44.9 Å². The van der Waals surface area contributed by atoms with Crippen molar-refractivity contribution >= 4 is 73.2 Å². The zero-order valence-corrected chi connectivity index (χ0v) is 47.5. The molecular weight excluding hydrogens is 901 g/mol. The van der Waals surface area contributed by atoms with Crippen LogP contribution in [0.5, 0.6) is 11.5 Å². The normalized spacial score (nSPS) is 12.6. The van der Waals surface area contributed by atoms with E-state index in [-0.39, 0.29) is 11.5 Å². The van der Waals surface area contributed by atoms with E-state index in [4.69, 9.17) is 16.5 Å². The topological polar surface area (TPSA) is 139 Å². The van der Waals surface area contributed by atoms with Crippen molar-refractivity contribution in [3.63, 3.8) is 0 Å². The number of allylic oxidation sites excluding steroid dienone is 1. The molecule has 0 bridgehead atoms. The summed E-state index contributed by atoms with van der Waals surface area (Å²) in [6, 6.07) is 24.1. The summed E-state index contributed by atoms with van der Waals surface area (Å²) in [5.41, 5.74) is 8.31. The van der Waals surface area contributed by atoms with E-state index >= 15 is 0 Å². The van der Waals surface area contributed by atoms with E-state index in [0.29, 0.717) is 17.8 Å². The molecule has 0 saturated carbocycles. The Morgan fingerprint density at radius 2 is 0.938 bits per heavy atom. The van der Waals surface area contributed by atoms with Crippen LogP contribution in [0.3, 0.4) is 0 Å². The van der Waals surface area contributed by atoms with Crippen molar-refractivity contribution in [3.8, 4) is 22.9 Å². The van der Waals surface area contributed by atoms with Gasteiger partial charge in [-0.1, -0.05) is 42.5 Å². The van der Waals surface area contributed by atoms with Gasteiger partial charge in [0.15, 0.2) is 33.3 Å². The number of aromatic nitrogens is 6. The van der Waals surface area contributed by atoms with Gasteiger partial charge in [-0.05, 0) is 184 Å². The smallest absolute Gasteiger partial charge is 0.314 e. The minimum atomic E-state index is -2.29. The van der Waals surface area contributed by atoms with Gasteiger partial charge in [0.2, 0.25) is 0 Å². The molecule has 0 aliphatic heterocycles. The van der Waals surface area contributed by atoms with Gasteiger partial charge in [0.25, 0.3) is 9.28 Å². The van der Waals surface area contributed by atoms with E-state index in [1.54, 1.807) is 6.08 Å². The molecule has 0 aliphatic carbocycles. The SMILES string of the molecule is C=CCc1cc(C)cc(-n2nc3ccccc3n2)c1O.C[SiH](O[Si](C)(C)C)O[Si](C)(C)C.Cc1cc(CCC[Si](C)(O[Si](C)(C)C)O[Si](C)(C)C)c(O)c(-n2nc3ccccc3n2)c1. The monoisotopic (exact) mass is 974 g/mol. The average molecular weight is 976 g/mol. The van der Waals surface area contributed by atoms with Gasteiger partial charge in [-0.2, -0.15) is 0 Å². The third-order valence-corrected chi connectivity index (χ3v) is 27.1. The molecule has 12 nitrogen and oxygen atoms in total. The predicted molar refractivity (Wildman–Crippen MR) is 280 cm³/mol. The first-order chi connectivity index (χ1) is 29.5. The Morgan fingerprint density at radius 1 is 0.578 bits per heavy atom. The van der Waals surface area contributed by atoms with Crippen LogP contribution in [0, 0.1) is 13.8 Å². The summed E-state index contributed by atoms with van der Waals surface area (Å²) in [5.74, 6) is 0.451. The second-order valence-corrected chi connectivity index (χ2v) is 44.8.